The number of methoxy groups -OCH3 is 1. The summed E-state index contributed by atoms with van der Waals surface area (Å²) in [4.78, 5) is 34.5. The Balaban J connectivity index is 1.86. The number of amides is 2. The standard InChI is InChI=1S/C15H16N4O4/c1-9-12(14(21)19-17-9)7-13(20)18-16-8-10-3-5-11(6-4-10)15(22)23-2/h3-6,8,12H,7H2,1-2H3,(H,18,20)(H,19,21)/b16-8+. The van der Waals surface area contributed by atoms with Crippen LogP contribution < -0.4 is 10.9 Å². The van der Waals surface area contributed by atoms with Crippen LogP contribution in [0.25, 0.3) is 0 Å². The number of benzene rings is 1. The number of esters is 1. The summed E-state index contributed by atoms with van der Waals surface area (Å²) in [5, 5.41) is 7.59. The highest BCUT2D eigenvalue weighted by atomic mass is 16.5. The lowest BCUT2D eigenvalue weighted by atomic mass is 10.0. The minimum Gasteiger partial charge on any atom is -0.465 e. The predicted molar refractivity (Wildman–Crippen MR) is 82.9 cm³/mol. The van der Waals surface area contributed by atoms with Gasteiger partial charge in [-0.3, -0.25) is 9.59 Å². The van der Waals surface area contributed by atoms with E-state index in [2.05, 4.69) is 25.8 Å². The number of hydrogen-bond donors (Lipinski definition) is 2. The second-order valence-corrected chi connectivity index (χ2v) is 4.89. The van der Waals surface area contributed by atoms with Gasteiger partial charge in [-0.1, -0.05) is 12.1 Å². The largest absolute Gasteiger partial charge is 0.465 e. The molecule has 0 saturated carbocycles. The van der Waals surface area contributed by atoms with Crippen LogP contribution in [0.15, 0.2) is 34.5 Å². The van der Waals surface area contributed by atoms with Crippen molar-refractivity contribution in [3.63, 3.8) is 0 Å². The maximum atomic E-state index is 11.7. The van der Waals surface area contributed by atoms with Gasteiger partial charge in [-0.15, -0.1) is 0 Å². The van der Waals surface area contributed by atoms with E-state index in [0.29, 0.717) is 16.8 Å². The highest BCUT2D eigenvalue weighted by Gasteiger charge is 2.28. The first kappa shape index (κ1) is 16.3. The van der Waals surface area contributed by atoms with Gasteiger partial charge >= 0.3 is 5.97 Å². The summed E-state index contributed by atoms with van der Waals surface area (Å²) in [6, 6.07) is 6.53. The van der Waals surface area contributed by atoms with E-state index in [4.69, 9.17) is 0 Å². The molecule has 1 aromatic rings. The molecule has 23 heavy (non-hydrogen) atoms. The molecule has 8 heteroatoms. The van der Waals surface area contributed by atoms with Crippen molar-refractivity contribution in [1.29, 1.82) is 0 Å². The first-order valence-electron chi connectivity index (χ1n) is 6.85. The molecule has 8 nitrogen and oxygen atoms in total. The van der Waals surface area contributed by atoms with E-state index in [0.717, 1.165) is 0 Å². The smallest absolute Gasteiger partial charge is 0.337 e. The molecule has 0 spiro atoms. The van der Waals surface area contributed by atoms with E-state index in [1.807, 2.05) is 0 Å². The summed E-state index contributed by atoms with van der Waals surface area (Å²) in [5.74, 6) is -1.65. The van der Waals surface area contributed by atoms with Crippen molar-refractivity contribution < 1.29 is 19.1 Å². The first-order chi connectivity index (χ1) is 11.0. The van der Waals surface area contributed by atoms with Gasteiger partial charge in [-0.25, -0.2) is 15.6 Å². The first-order valence-corrected chi connectivity index (χ1v) is 6.85. The van der Waals surface area contributed by atoms with E-state index in [-0.39, 0.29) is 18.2 Å². The van der Waals surface area contributed by atoms with Gasteiger partial charge in [0.2, 0.25) is 11.8 Å². The fourth-order valence-electron chi connectivity index (χ4n) is 1.96. The zero-order chi connectivity index (χ0) is 16.8. The van der Waals surface area contributed by atoms with Gasteiger partial charge in [0.1, 0.15) is 0 Å². The van der Waals surface area contributed by atoms with Crippen LogP contribution in [-0.2, 0) is 14.3 Å². The third kappa shape index (κ3) is 4.22. The Labute approximate surface area is 132 Å². The third-order valence-electron chi connectivity index (χ3n) is 3.29. The molecule has 1 unspecified atom stereocenters. The van der Waals surface area contributed by atoms with Crippen LogP contribution in [-0.4, -0.2) is 36.8 Å². The number of ether oxygens (including phenoxy) is 1. The third-order valence-corrected chi connectivity index (χ3v) is 3.29. The van der Waals surface area contributed by atoms with E-state index in [1.54, 1.807) is 31.2 Å². The van der Waals surface area contributed by atoms with Crippen LogP contribution in [0.5, 0.6) is 0 Å². The van der Waals surface area contributed by atoms with Crippen molar-refractivity contribution in [3.05, 3.63) is 35.4 Å². The number of carbonyl (C=O) groups excluding carboxylic acids is 3. The normalized spacial score (nSPS) is 16.9. The van der Waals surface area contributed by atoms with Gasteiger partial charge in [0, 0.05) is 12.1 Å². The zero-order valence-corrected chi connectivity index (χ0v) is 12.7. The highest BCUT2D eigenvalue weighted by Crippen LogP contribution is 2.11. The quantitative estimate of drug-likeness (QED) is 0.466. The summed E-state index contributed by atoms with van der Waals surface area (Å²) in [6.07, 6.45) is 1.43. The molecule has 1 atom stereocenters. The van der Waals surface area contributed by atoms with Crippen LogP contribution in [0.3, 0.4) is 0 Å². The summed E-state index contributed by atoms with van der Waals surface area (Å²) in [7, 11) is 1.31. The molecule has 0 aromatic heterocycles. The molecular weight excluding hydrogens is 300 g/mol. The average Bonchev–Trinajstić information content (AvgIpc) is 2.86. The molecule has 1 aromatic carbocycles. The van der Waals surface area contributed by atoms with Crippen LogP contribution >= 0.6 is 0 Å². The number of carbonyl (C=O) groups is 3. The SMILES string of the molecule is COC(=O)c1ccc(/C=N/NC(=O)CC2C(=O)NN=C2C)cc1. The Morgan fingerprint density at radius 3 is 2.65 bits per heavy atom. The molecule has 120 valence electrons. The monoisotopic (exact) mass is 316 g/mol. The molecule has 1 aliphatic heterocycles. The maximum absolute atomic E-state index is 11.7. The van der Waals surface area contributed by atoms with Crippen molar-refractivity contribution in [1.82, 2.24) is 10.9 Å². The van der Waals surface area contributed by atoms with Crippen LogP contribution in [0.1, 0.15) is 29.3 Å². The molecule has 0 fully saturated rings. The van der Waals surface area contributed by atoms with Gasteiger partial charge in [-0.05, 0) is 24.6 Å². The van der Waals surface area contributed by atoms with E-state index in [9.17, 15) is 14.4 Å². The summed E-state index contributed by atoms with van der Waals surface area (Å²) < 4.78 is 4.60. The fourth-order valence-corrected chi connectivity index (χ4v) is 1.96. The van der Waals surface area contributed by atoms with Crippen molar-refractivity contribution in [2.75, 3.05) is 7.11 Å². The molecule has 0 saturated heterocycles. The molecule has 2 rings (SSSR count). The summed E-state index contributed by atoms with van der Waals surface area (Å²) in [5.41, 5.74) is 6.38. The van der Waals surface area contributed by atoms with Crippen LogP contribution in [0.2, 0.25) is 0 Å². The van der Waals surface area contributed by atoms with Crippen molar-refractivity contribution in [2.24, 2.45) is 16.1 Å². The fraction of sp³-hybridized carbons (Fsp3) is 0.267. The number of hydrazone groups is 2. The van der Waals surface area contributed by atoms with Crippen LogP contribution in [0.4, 0.5) is 0 Å². The molecule has 1 aliphatic rings. The predicted octanol–water partition coefficient (Wildman–Crippen LogP) is 0.435. The number of nitrogens with zero attached hydrogens (tertiary/aromatic N) is 2. The molecular formula is C15H16N4O4. The highest BCUT2D eigenvalue weighted by molar-refractivity contribution is 6.09. The second-order valence-electron chi connectivity index (χ2n) is 4.89. The molecule has 0 aliphatic carbocycles. The molecule has 0 bridgehead atoms. The van der Waals surface area contributed by atoms with Gasteiger partial charge in [0.25, 0.3) is 0 Å². The minimum absolute atomic E-state index is 0.0141. The lowest BCUT2D eigenvalue weighted by Gasteiger charge is -2.05. The van der Waals surface area contributed by atoms with E-state index < -0.39 is 11.9 Å². The molecule has 2 amide bonds. The second kappa shape index (κ2) is 7.30. The summed E-state index contributed by atoms with van der Waals surface area (Å²) >= 11 is 0. The van der Waals surface area contributed by atoms with Gasteiger partial charge in [0.15, 0.2) is 0 Å². The molecule has 1 heterocycles. The Hall–Kier alpha value is -3.03. The topological polar surface area (TPSA) is 109 Å². The number of nitrogens with one attached hydrogen (secondary N) is 2. The van der Waals surface area contributed by atoms with Crippen molar-refractivity contribution in [3.8, 4) is 0 Å². The Bertz CT molecular complexity index is 679. The maximum Gasteiger partial charge on any atom is 0.337 e. The average molecular weight is 316 g/mol. The van der Waals surface area contributed by atoms with Gasteiger partial charge in [0.05, 0.1) is 24.8 Å². The van der Waals surface area contributed by atoms with Crippen molar-refractivity contribution in [2.45, 2.75) is 13.3 Å². The van der Waals surface area contributed by atoms with Gasteiger partial charge < -0.3 is 4.74 Å². The Morgan fingerprint density at radius 2 is 2.09 bits per heavy atom. The molecule has 0 radical (unpaired) electrons. The Kier molecular flexibility index (Phi) is 5.19. The Morgan fingerprint density at radius 1 is 1.39 bits per heavy atom. The van der Waals surface area contributed by atoms with Crippen LogP contribution in [0, 0.1) is 5.92 Å². The van der Waals surface area contributed by atoms with Crippen molar-refractivity contribution >= 4 is 29.7 Å². The number of rotatable bonds is 5. The van der Waals surface area contributed by atoms with E-state index in [1.165, 1.54) is 13.3 Å². The molecule has 2 N–H and O–H groups in total. The zero-order valence-electron chi connectivity index (χ0n) is 12.7. The number of hydrogen-bond acceptors (Lipinski definition) is 6. The van der Waals surface area contributed by atoms with E-state index >= 15 is 0 Å². The minimum atomic E-state index is -0.551. The lowest BCUT2D eigenvalue weighted by Crippen LogP contribution is -2.29. The van der Waals surface area contributed by atoms with Gasteiger partial charge in [-0.2, -0.15) is 10.2 Å². The lowest BCUT2D eigenvalue weighted by molar-refractivity contribution is -0.127. The summed E-state index contributed by atoms with van der Waals surface area (Å²) in [6.45, 7) is 1.68.